The van der Waals surface area contributed by atoms with Crippen LogP contribution in [0.5, 0.6) is 11.5 Å². The summed E-state index contributed by atoms with van der Waals surface area (Å²) >= 11 is 10.7. The Morgan fingerprint density at radius 3 is 2.68 bits per heavy atom. The second kappa shape index (κ2) is 9.03. The number of amidine groups is 1. The number of nitrogens with zero attached hydrogens (tertiary/aromatic N) is 2. The smallest absolute Gasteiger partial charge is 0.266 e. The number of carbonyl (C=O) groups excluding carboxylic acids is 1. The van der Waals surface area contributed by atoms with Crippen molar-refractivity contribution >= 4 is 62.1 Å². The third-order valence-electron chi connectivity index (χ3n) is 3.98. The number of rotatable bonds is 5. The predicted molar refractivity (Wildman–Crippen MR) is 118 cm³/mol. The lowest BCUT2D eigenvalue weighted by Crippen LogP contribution is -2.29. The van der Waals surface area contributed by atoms with E-state index in [1.54, 1.807) is 30.2 Å². The van der Waals surface area contributed by atoms with Gasteiger partial charge in [0.1, 0.15) is 11.5 Å². The average molecular weight is 482 g/mol. The van der Waals surface area contributed by atoms with Gasteiger partial charge >= 0.3 is 0 Å². The zero-order chi connectivity index (χ0) is 20.3. The number of carbonyl (C=O) groups is 1. The number of aliphatic imine (C=N–C) groups is 1. The van der Waals surface area contributed by atoms with Gasteiger partial charge in [-0.1, -0.05) is 34.5 Å². The van der Waals surface area contributed by atoms with Gasteiger partial charge in [0, 0.05) is 16.6 Å². The van der Waals surface area contributed by atoms with Crippen molar-refractivity contribution in [3.63, 3.8) is 0 Å². The molecule has 146 valence electrons. The van der Waals surface area contributed by atoms with Gasteiger partial charge in [0.2, 0.25) is 0 Å². The molecule has 0 spiro atoms. The largest absolute Gasteiger partial charge is 0.506 e. The fourth-order valence-corrected chi connectivity index (χ4v) is 4.47. The van der Waals surface area contributed by atoms with Crippen molar-refractivity contribution in [3.05, 3.63) is 56.4 Å². The van der Waals surface area contributed by atoms with E-state index in [2.05, 4.69) is 20.9 Å². The van der Waals surface area contributed by atoms with Crippen molar-refractivity contribution in [2.75, 3.05) is 13.7 Å². The van der Waals surface area contributed by atoms with Gasteiger partial charge in [-0.25, -0.2) is 4.99 Å². The maximum atomic E-state index is 12.9. The summed E-state index contributed by atoms with van der Waals surface area (Å²) in [4.78, 5) is 19.6. The normalized spacial score (nSPS) is 17.0. The molecule has 2 aromatic carbocycles. The van der Waals surface area contributed by atoms with E-state index in [4.69, 9.17) is 16.3 Å². The van der Waals surface area contributed by atoms with Crippen molar-refractivity contribution in [3.8, 4) is 11.5 Å². The second-order valence-electron chi connectivity index (χ2n) is 5.99. The van der Waals surface area contributed by atoms with Crippen molar-refractivity contribution in [2.45, 2.75) is 13.3 Å². The molecular formula is C20H18BrClN2O3S. The quantitative estimate of drug-likeness (QED) is 0.546. The van der Waals surface area contributed by atoms with Crippen LogP contribution in [0.15, 0.2) is 50.8 Å². The van der Waals surface area contributed by atoms with E-state index in [1.165, 1.54) is 11.8 Å². The molecule has 0 bridgehead atoms. The zero-order valence-corrected chi connectivity index (χ0v) is 18.4. The number of halogens is 2. The summed E-state index contributed by atoms with van der Waals surface area (Å²) < 4.78 is 5.88. The number of benzene rings is 2. The summed E-state index contributed by atoms with van der Waals surface area (Å²) in [5.41, 5.74) is 1.20. The number of aromatic hydroxyl groups is 1. The molecular weight excluding hydrogens is 464 g/mol. The molecule has 8 heteroatoms. The van der Waals surface area contributed by atoms with Crippen molar-refractivity contribution in [1.82, 2.24) is 4.90 Å². The molecule has 1 fully saturated rings. The molecule has 1 aliphatic rings. The summed E-state index contributed by atoms with van der Waals surface area (Å²) in [7, 11) is 1.61. The molecule has 1 saturated heterocycles. The lowest BCUT2D eigenvalue weighted by molar-refractivity contribution is -0.122. The molecule has 5 nitrogen and oxygen atoms in total. The summed E-state index contributed by atoms with van der Waals surface area (Å²) in [5.74, 6) is 0.537. The van der Waals surface area contributed by atoms with Crippen LogP contribution < -0.4 is 4.74 Å². The molecule has 1 aliphatic heterocycles. The van der Waals surface area contributed by atoms with Crippen molar-refractivity contribution in [1.29, 1.82) is 0 Å². The van der Waals surface area contributed by atoms with E-state index in [1.807, 2.05) is 31.2 Å². The molecule has 1 amide bonds. The van der Waals surface area contributed by atoms with E-state index >= 15 is 0 Å². The van der Waals surface area contributed by atoms with E-state index in [0.29, 0.717) is 22.2 Å². The van der Waals surface area contributed by atoms with E-state index in [-0.39, 0.29) is 16.7 Å². The van der Waals surface area contributed by atoms with Gasteiger partial charge in [0.15, 0.2) is 5.17 Å². The second-order valence-corrected chi connectivity index (χ2v) is 8.32. The third kappa shape index (κ3) is 4.54. The third-order valence-corrected chi connectivity index (χ3v) is 5.73. The molecule has 28 heavy (non-hydrogen) atoms. The van der Waals surface area contributed by atoms with Gasteiger partial charge in [-0.2, -0.15) is 0 Å². The first kappa shape index (κ1) is 20.8. The molecule has 2 aromatic rings. The van der Waals surface area contributed by atoms with Crippen molar-refractivity contribution < 1.29 is 14.6 Å². The molecule has 3 rings (SSSR count). The minimum atomic E-state index is -0.144. The van der Waals surface area contributed by atoms with Gasteiger partial charge in [-0.3, -0.25) is 9.69 Å². The SMILES string of the molecule is CCCN1C(=O)/C(=C\c2cc(Br)cc(Cl)c2O)SC1=Nc1ccc(OC)cc1. The number of hydrogen-bond acceptors (Lipinski definition) is 5. The highest BCUT2D eigenvalue weighted by Gasteiger charge is 2.33. The lowest BCUT2D eigenvalue weighted by Gasteiger charge is -2.14. The van der Waals surface area contributed by atoms with Gasteiger partial charge in [0.05, 0.1) is 22.7 Å². The topological polar surface area (TPSA) is 62.1 Å². The molecule has 0 aromatic heterocycles. The number of amides is 1. The monoisotopic (exact) mass is 480 g/mol. The van der Waals surface area contributed by atoms with Crippen LogP contribution in [0.1, 0.15) is 18.9 Å². The Balaban J connectivity index is 1.97. The van der Waals surface area contributed by atoms with Crippen LogP contribution in [-0.4, -0.2) is 34.7 Å². The summed E-state index contributed by atoms with van der Waals surface area (Å²) in [6, 6.07) is 10.6. The molecule has 0 radical (unpaired) electrons. The molecule has 1 heterocycles. The number of thioether (sulfide) groups is 1. The Bertz CT molecular complexity index is 961. The van der Waals surface area contributed by atoms with E-state index in [9.17, 15) is 9.90 Å². The Kier molecular flexibility index (Phi) is 6.69. The van der Waals surface area contributed by atoms with Crippen LogP contribution in [0, 0.1) is 0 Å². The Morgan fingerprint density at radius 1 is 1.32 bits per heavy atom. The number of hydrogen-bond donors (Lipinski definition) is 1. The number of ether oxygens (including phenoxy) is 1. The van der Waals surface area contributed by atoms with Crippen LogP contribution in [0.4, 0.5) is 5.69 Å². The van der Waals surface area contributed by atoms with E-state index in [0.717, 1.165) is 22.3 Å². The standard InChI is InChI=1S/C20H18BrClN2O3S/c1-3-8-24-19(26)17(10-12-9-13(21)11-16(22)18(12)25)28-20(24)23-14-4-6-15(27-2)7-5-14/h4-7,9-11,25H,3,8H2,1-2H3/b17-10+,23-20?. The zero-order valence-electron chi connectivity index (χ0n) is 15.3. The average Bonchev–Trinajstić information content (AvgIpc) is 2.95. The van der Waals surface area contributed by atoms with Gasteiger partial charge in [-0.05, 0) is 60.7 Å². The predicted octanol–water partition coefficient (Wildman–Crippen LogP) is 5.83. The lowest BCUT2D eigenvalue weighted by atomic mass is 10.2. The van der Waals surface area contributed by atoms with Crippen LogP contribution in [0.25, 0.3) is 6.08 Å². The maximum Gasteiger partial charge on any atom is 0.266 e. The Labute approximate surface area is 181 Å². The number of phenols is 1. The minimum absolute atomic E-state index is 0.0617. The highest BCUT2D eigenvalue weighted by atomic mass is 79.9. The highest BCUT2D eigenvalue weighted by Crippen LogP contribution is 2.38. The van der Waals surface area contributed by atoms with Crippen LogP contribution in [0.2, 0.25) is 5.02 Å². The van der Waals surface area contributed by atoms with E-state index < -0.39 is 0 Å². The summed E-state index contributed by atoms with van der Waals surface area (Å²) in [6.45, 7) is 2.56. The first-order valence-corrected chi connectivity index (χ1v) is 10.5. The van der Waals surface area contributed by atoms with Crippen LogP contribution >= 0.6 is 39.3 Å². The Morgan fingerprint density at radius 2 is 2.04 bits per heavy atom. The first-order valence-electron chi connectivity index (χ1n) is 8.55. The molecule has 0 aliphatic carbocycles. The van der Waals surface area contributed by atoms with Crippen LogP contribution in [0.3, 0.4) is 0 Å². The molecule has 0 unspecified atom stereocenters. The molecule has 1 N–H and O–H groups in total. The summed E-state index contributed by atoms with van der Waals surface area (Å²) in [6.07, 6.45) is 2.44. The fourth-order valence-electron chi connectivity index (χ4n) is 2.62. The maximum absolute atomic E-state index is 12.9. The van der Waals surface area contributed by atoms with Crippen molar-refractivity contribution in [2.24, 2.45) is 4.99 Å². The van der Waals surface area contributed by atoms with Gasteiger partial charge < -0.3 is 9.84 Å². The first-order chi connectivity index (χ1) is 13.4. The number of methoxy groups -OCH3 is 1. The fraction of sp³-hybridized carbons (Fsp3) is 0.200. The van der Waals surface area contributed by atoms with Crippen LogP contribution in [-0.2, 0) is 4.79 Å². The Hall–Kier alpha value is -1.96. The van der Waals surface area contributed by atoms with Gasteiger partial charge in [-0.15, -0.1) is 0 Å². The molecule has 0 atom stereocenters. The highest BCUT2D eigenvalue weighted by molar-refractivity contribution is 9.10. The summed E-state index contributed by atoms with van der Waals surface area (Å²) in [5, 5.41) is 11.0. The molecule has 0 saturated carbocycles. The minimum Gasteiger partial charge on any atom is -0.506 e. The van der Waals surface area contributed by atoms with Gasteiger partial charge in [0.25, 0.3) is 5.91 Å². The number of phenolic OH excluding ortho intramolecular Hbond substituents is 1.